The third kappa shape index (κ3) is 3.01. The summed E-state index contributed by atoms with van der Waals surface area (Å²) in [7, 11) is 0. The molecule has 0 bridgehead atoms. The first-order valence-corrected chi connectivity index (χ1v) is 9.00. The number of nitrogens with one attached hydrogen (secondary N) is 1. The summed E-state index contributed by atoms with van der Waals surface area (Å²) in [6.07, 6.45) is 3.68. The number of aromatic nitrogens is 2. The van der Waals surface area contributed by atoms with Crippen LogP contribution in [0, 0.1) is 0 Å². The molecule has 2 atom stereocenters. The highest BCUT2D eigenvalue weighted by atomic mass is 32.2. The molecule has 104 valence electrons. The Balaban J connectivity index is 1.91. The average Bonchev–Trinajstić information content (AvgIpc) is 3.31. The molecule has 1 aromatic heterocycles. The molecule has 1 saturated carbocycles. The molecule has 3 rings (SSSR count). The molecule has 1 aromatic rings. The summed E-state index contributed by atoms with van der Waals surface area (Å²) in [6.45, 7) is 2.25. The SMILES string of the molecule is CCC1SCCSC1c1nc(NN)cc(C2CC2)n1. The highest BCUT2D eigenvalue weighted by Gasteiger charge is 2.31. The van der Waals surface area contributed by atoms with Crippen molar-refractivity contribution >= 4 is 29.3 Å². The van der Waals surface area contributed by atoms with E-state index in [4.69, 9.17) is 10.8 Å². The molecule has 1 aliphatic carbocycles. The monoisotopic (exact) mass is 296 g/mol. The Labute approximate surface area is 122 Å². The molecular weight excluding hydrogens is 276 g/mol. The molecule has 3 N–H and O–H groups in total. The Bertz CT molecular complexity index is 450. The van der Waals surface area contributed by atoms with Gasteiger partial charge in [0.2, 0.25) is 0 Å². The van der Waals surface area contributed by atoms with E-state index in [0.29, 0.717) is 16.4 Å². The molecule has 4 nitrogen and oxygen atoms in total. The Morgan fingerprint density at radius 3 is 2.79 bits per heavy atom. The maximum absolute atomic E-state index is 5.55. The zero-order valence-electron chi connectivity index (χ0n) is 11.1. The van der Waals surface area contributed by atoms with Crippen molar-refractivity contribution in [2.45, 2.75) is 42.6 Å². The van der Waals surface area contributed by atoms with Crippen molar-refractivity contribution in [3.63, 3.8) is 0 Å². The lowest BCUT2D eigenvalue weighted by Crippen LogP contribution is -2.22. The first-order chi connectivity index (χ1) is 9.31. The van der Waals surface area contributed by atoms with Gasteiger partial charge in [0.15, 0.2) is 0 Å². The second-order valence-corrected chi connectivity index (χ2v) is 7.66. The lowest BCUT2D eigenvalue weighted by atomic mass is 10.2. The van der Waals surface area contributed by atoms with Gasteiger partial charge in [0.25, 0.3) is 0 Å². The first-order valence-electron chi connectivity index (χ1n) is 6.90. The van der Waals surface area contributed by atoms with Crippen LogP contribution in [0.4, 0.5) is 5.82 Å². The van der Waals surface area contributed by atoms with E-state index in [0.717, 1.165) is 11.6 Å². The predicted octanol–water partition coefficient (Wildman–Crippen LogP) is 2.94. The number of hydrogen-bond acceptors (Lipinski definition) is 6. The second kappa shape index (κ2) is 5.89. The lowest BCUT2D eigenvalue weighted by Gasteiger charge is -2.29. The Morgan fingerprint density at radius 2 is 2.11 bits per heavy atom. The van der Waals surface area contributed by atoms with Gasteiger partial charge in [-0.3, -0.25) is 0 Å². The average molecular weight is 296 g/mol. The van der Waals surface area contributed by atoms with Crippen LogP contribution >= 0.6 is 23.5 Å². The second-order valence-electron chi connectivity index (χ2n) is 5.06. The van der Waals surface area contributed by atoms with Crippen LogP contribution in [0.1, 0.15) is 48.9 Å². The van der Waals surface area contributed by atoms with Crippen molar-refractivity contribution in [1.29, 1.82) is 0 Å². The predicted molar refractivity (Wildman–Crippen MR) is 83.6 cm³/mol. The third-order valence-corrected chi connectivity index (χ3v) is 6.86. The summed E-state index contributed by atoms with van der Waals surface area (Å²) < 4.78 is 0. The molecule has 0 amide bonds. The molecule has 2 aliphatic rings. The summed E-state index contributed by atoms with van der Waals surface area (Å²) in [6, 6.07) is 2.00. The molecule has 1 saturated heterocycles. The van der Waals surface area contributed by atoms with Gasteiger partial charge in [0.05, 0.1) is 5.25 Å². The van der Waals surface area contributed by atoms with Crippen molar-refractivity contribution in [1.82, 2.24) is 9.97 Å². The summed E-state index contributed by atoms with van der Waals surface area (Å²) in [5, 5.41) is 1.04. The van der Waals surface area contributed by atoms with Gasteiger partial charge in [-0.1, -0.05) is 6.92 Å². The van der Waals surface area contributed by atoms with Gasteiger partial charge in [0, 0.05) is 34.4 Å². The van der Waals surface area contributed by atoms with Crippen LogP contribution in [-0.4, -0.2) is 26.7 Å². The first kappa shape index (κ1) is 13.5. The fourth-order valence-electron chi connectivity index (χ4n) is 2.42. The number of nitrogen functional groups attached to an aromatic ring is 1. The molecule has 0 aromatic carbocycles. The van der Waals surface area contributed by atoms with Gasteiger partial charge in [0.1, 0.15) is 11.6 Å². The van der Waals surface area contributed by atoms with E-state index >= 15 is 0 Å². The topological polar surface area (TPSA) is 63.8 Å². The van der Waals surface area contributed by atoms with E-state index in [1.807, 2.05) is 17.8 Å². The van der Waals surface area contributed by atoms with E-state index in [1.54, 1.807) is 0 Å². The smallest absolute Gasteiger partial charge is 0.145 e. The zero-order valence-corrected chi connectivity index (χ0v) is 12.8. The minimum atomic E-state index is 0.412. The molecule has 6 heteroatoms. The van der Waals surface area contributed by atoms with E-state index in [9.17, 15) is 0 Å². The largest absolute Gasteiger partial charge is 0.308 e. The quantitative estimate of drug-likeness (QED) is 0.658. The minimum absolute atomic E-state index is 0.412. The molecule has 2 unspecified atom stereocenters. The highest BCUT2D eigenvalue weighted by molar-refractivity contribution is 8.06. The van der Waals surface area contributed by atoms with Gasteiger partial charge < -0.3 is 5.43 Å². The summed E-state index contributed by atoms with van der Waals surface area (Å²) in [5.74, 6) is 10.4. The molecule has 2 heterocycles. The maximum Gasteiger partial charge on any atom is 0.145 e. The Hall–Kier alpha value is -0.460. The van der Waals surface area contributed by atoms with Crippen molar-refractivity contribution < 1.29 is 0 Å². The number of hydrogen-bond donors (Lipinski definition) is 2. The molecule has 1 aliphatic heterocycles. The molecular formula is C13H20N4S2. The summed E-state index contributed by atoms with van der Waals surface area (Å²) in [5.41, 5.74) is 3.87. The number of thioether (sulfide) groups is 2. The van der Waals surface area contributed by atoms with E-state index < -0.39 is 0 Å². The van der Waals surface area contributed by atoms with Crippen LogP contribution in [0.3, 0.4) is 0 Å². The van der Waals surface area contributed by atoms with Crippen LogP contribution in [-0.2, 0) is 0 Å². The van der Waals surface area contributed by atoms with E-state index in [2.05, 4.69) is 29.1 Å². The van der Waals surface area contributed by atoms with Crippen LogP contribution in [0.2, 0.25) is 0 Å². The molecule has 19 heavy (non-hydrogen) atoms. The van der Waals surface area contributed by atoms with Crippen LogP contribution in [0.15, 0.2) is 6.07 Å². The van der Waals surface area contributed by atoms with Crippen LogP contribution in [0.5, 0.6) is 0 Å². The van der Waals surface area contributed by atoms with Crippen molar-refractivity contribution in [2.75, 3.05) is 16.9 Å². The van der Waals surface area contributed by atoms with Gasteiger partial charge in [-0.25, -0.2) is 15.8 Å². The van der Waals surface area contributed by atoms with Gasteiger partial charge in [-0.15, -0.1) is 11.8 Å². The van der Waals surface area contributed by atoms with Crippen LogP contribution < -0.4 is 11.3 Å². The molecule has 2 fully saturated rings. The summed E-state index contributed by atoms with van der Waals surface area (Å²) >= 11 is 4.05. The third-order valence-electron chi connectivity index (χ3n) is 3.61. The molecule has 0 radical (unpaired) electrons. The lowest BCUT2D eigenvalue weighted by molar-refractivity contribution is 0.740. The normalized spacial score (nSPS) is 27.3. The molecule has 0 spiro atoms. The number of rotatable bonds is 4. The summed E-state index contributed by atoms with van der Waals surface area (Å²) in [4.78, 5) is 9.43. The van der Waals surface area contributed by atoms with Crippen molar-refractivity contribution in [3.05, 3.63) is 17.6 Å². The fourth-order valence-corrected chi connectivity index (χ4v) is 5.41. The maximum atomic E-state index is 5.55. The fraction of sp³-hybridized carbons (Fsp3) is 0.692. The standard InChI is InChI=1S/C13H20N4S2/c1-2-10-12(19-6-5-18-10)13-15-9(8-3-4-8)7-11(16-13)17-14/h7-8,10,12H,2-6,14H2,1H3,(H,15,16,17). The van der Waals surface area contributed by atoms with Gasteiger partial charge >= 0.3 is 0 Å². The number of nitrogens with zero attached hydrogens (tertiary/aromatic N) is 2. The number of anilines is 1. The Kier molecular flexibility index (Phi) is 4.19. The van der Waals surface area contributed by atoms with Gasteiger partial charge in [-0.05, 0) is 19.3 Å². The van der Waals surface area contributed by atoms with E-state index in [1.165, 1.54) is 36.5 Å². The Morgan fingerprint density at radius 1 is 1.32 bits per heavy atom. The minimum Gasteiger partial charge on any atom is -0.308 e. The number of hydrazine groups is 1. The van der Waals surface area contributed by atoms with Crippen molar-refractivity contribution in [3.8, 4) is 0 Å². The zero-order chi connectivity index (χ0) is 13.2. The highest BCUT2D eigenvalue weighted by Crippen LogP contribution is 2.45. The van der Waals surface area contributed by atoms with E-state index in [-0.39, 0.29) is 0 Å². The number of nitrogens with two attached hydrogens (primary N) is 1. The van der Waals surface area contributed by atoms with Crippen LogP contribution in [0.25, 0.3) is 0 Å². The van der Waals surface area contributed by atoms with Crippen molar-refractivity contribution in [2.24, 2.45) is 5.84 Å². The van der Waals surface area contributed by atoms with Gasteiger partial charge in [-0.2, -0.15) is 11.8 Å².